The van der Waals surface area contributed by atoms with Crippen LogP contribution in [0.25, 0.3) is 0 Å². The van der Waals surface area contributed by atoms with Crippen molar-refractivity contribution >= 4 is 11.9 Å². The van der Waals surface area contributed by atoms with Gasteiger partial charge in [-0.2, -0.15) is 5.26 Å². The van der Waals surface area contributed by atoms with Gasteiger partial charge in [0.1, 0.15) is 11.8 Å². The molecule has 0 saturated heterocycles. The number of carbonyl (C=O) groups excluding carboxylic acids is 1. The fourth-order valence-electron chi connectivity index (χ4n) is 2.66. The Bertz CT molecular complexity index is 613. The number of nitrogens with one attached hydrogen (secondary N) is 1. The van der Waals surface area contributed by atoms with Gasteiger partial charge in [-0.3, -0.25) is 9.59 Å². The summed E-state index contributed by atoms with van der Waals surface area (Å²) in [5.41, 5.74) is 0.255. The molecule has 6 nitrogen and oxygen atoms in total. The Balaban J connectivity index is 2.07. The number of pyridine rings is 1. The summed E-state index contributed by atoms with van der Waals surface area (Å²) in [5, 5.41) is 20.9. The Morgan fingerprint density at radius 2 is 2.10 bits per heavy atom. The van der Waals surface area contributed by atoms with Crippen LogP contribution in [0.3, 0.4) is 0 Å². The second-order valence-corrected chi connectivity index (χ2v) is 5.42. The van der Waals surface area contributed by atoms with Gasteiger partial charge in [-0.1, -0.05) is 12.8 Å². The molecule has 0 aromatic carbocycles. The van der Waals surface area contributed by atoms with E-state index in [1.165, 1.54) is 6.07 Å². The Hall–Kier alpha value is -2.42. The molecule has 21 heavy (non-hydrogen) atoms. The molecule has 0 bridgehead atoms. The van der Waals surface area contributed by atoms with Crippen LogP contribution in [0.2, 0.25) is 0 Å². The minimum Gasteiger partial charge on any atom is -0.481 e. The lowest BCUT2D eigenvalue weighted by Gasteiger charge is -2.23. The number of carbonyl (C=O) groups is 2. The first-order valence-electron chi connectivity index (χ1n) is 6.88. The third-order valence-electron chi connectivity index (χ3n) is 4.04. The minimum absolute atomic E-state index is 0.113. The van der Waals surface area contributed by atoms with Crippen molar-refractivity contribution in [1.29, 1.82) is 5.26 Å². The van der Waals surface area contributed by atoms with Crippen LogP contribution in [0, 0.1) is 23.7 Å². The highest BCUT2D eigenvalue weighted by Gasteiger charge is 2.41. The van der Waals surface area contributed by atoms with E-state index in [9.17, 15) is 14.7 Å². The van der Waals surface area contributed by atoms with E-state index < -0.39 is 17.3 Å². The molecule has 1 fully saturated rings. The first-order valence-corrected chi connectivity index (χ1v) is 6.88. The first kappa shape index (κ1) is 15.0. The van der Waals surface area contributed by atoms with Crippen molar-refractivity contribution in [2.75, 3.05) is 6.54 Å². The zero-order chi connectivity index (χ0) is 15.5. The van der Waals surface area contributed by atoms with E-state index in [0.29, 0.717) is 24.1 Å². The summed E-state index contributed by atoms with van der Waals surface area (Å²) in [7, 11) is 0. The number of aliphatic carboxylic acids is 1. The molecular weight excluding hydrogens is 270 g/mol. The molecule has 1 amide bonds. The number of carboxylic acid groups (broad SMARTS) is 1. The van der Waals surface area contributed by atoms with Gasteiger partial charge in [-0.05, 0) is 31.9 Å². The lowest BCUT2D eigenvalue weighted by atomic mass is 9.86. The zero-order valence-electron chi connectivity index (χ0n) is 11.8. The predicted molar refractivity (Wildman–Crippen MR) is 74.6 cm³/mol. The van der Waals surface area contributed by atoms with E-state index >= 15 is 0 Å². The van der Waals surface area contributed by atoms with Gasteiger partial charge >= 0.3 is 5.97 Å². The maximum Gasteiger partial charge on any atom is 0.311 e. The number of aryl methyl sites for hydroxylation is 1. The molecule has 2 N–H and O–H groups in total. The van der Waals surface area contributed by atoms with Crippen molar-refractivity contribution < 1.29 is 14.7 Å². The SMILES string of the molecule is Cc1nc(C(=O)NCC2(C(=O)O)CCCC2)ccc1C#N. The zero-order valence-corrected chi connectivity index (χ0v) is 11.8. The van der Waals surface area contributed by atoms with Gasteiger partial charge < -0.3 is 10.4 Å². The summed E-state index contributed by atoms with van der Waals surface area (Å²) in [6, 6.07) is 5.00. The molecule has 0 spiro atoms. The van der Waals surface area contributed by atoms with E-state index in [0.717, 1.165) is 12.8 Å². The van der Waals surface area contributed by atoms with Crippen LogP contribution in [0.4, 0.5) is 0 Å². The molecule has 1 aliphatic rings. The quantitative estimate of drug-likeness (QED) is 0.876. The maximum atomic E-state index is 12.1. The lowest BCUT2D eigenvalue weighted by Crippen LogP contribution is -2.41. The third kappa shape index (κ3) is 3.02. The Kier molecular flexibility index (Phi) is 4.22. The molecular formula is C15H17N3O3. The number of nitrogens with zero attached hydrogens (tertiary/aromatic N) is 2. The standard InChI is InChI=1S/C15H17N3O3/c1-10-11(8-16)4-5-12(18-10)13(19)17-9-15(14(20)21)6-2-3-7-15/h4-5H,2-3,6-7,9H2,1H3,(H,17,19)(H,20,21). The monoisotopic (exact) mass is 287 g/mol. The molecule has 110 valence electrons. The Morgan fingerprint density at radius 1 is 1.43 bits per heavy atom. The van der Waals surface area contributed by atoms with E-state index in [1.54, 1.807) is 13.0 Å². The van der Waals surface area contributed by atoms with E-state index in [1.807, 2.05) is 6.07 Å². The van der Waals surface area contributed by atoms with E-state index in [4.69, 9.17) is 5.26 Å². The highest BCUT2D eigenvalue weighted by atomic mass is 16.4. The van der Waals surface area contributed by atoms with E-state index in [-0.39, 0.29) is 12.2 Å². The lowest BCUT2D eigenvalue weighted by molar-refractivity contribution is -0.148. The van der Waals surface area contributed by atoms with Crippen molar-refractivity contribution in [1.82, 2.24) is 10.3 Å². The van der Waals surface area contributed by atoms with Crippen molar-refractivity contribution in [2.24, 2.45) is 5.41 Å². The van der Waals surface area contributed by atoms with Crippen LogP contribution < -0.4 is 5.32 Å². The summed E-state index contributed by atoms with van der Waals surface area (Å²) < 4.78 is 0. The summed E-state index contributed by atoms with van der Waals surface area (Å²) >= 11 is 0. The molecule has 1 heterocycles. The smallest absolute Gasteiger partial charge is 0.311 e. The van der Waals surface area contributed by atoms with Gasteiger partial charge in [-0.25, -0.2) is 4.98 Å². The van der Waals surface area contributed by atoms with E-state index in [2.05, 4.69) is 10.3 Å². The number of hydrogen-bond donors (Lipinski definition) is 2. The average Bonchev–Trinajstić information content (AvgIpc) is 2.95. The molecule has 1 aliphatic carbocycles. The van der Waals surface area contributed by atoms with Crippen LogP contribution >= 0.6 is 0 Å². The van der Waals surface area contributed by atoms with Crippen LogP contribution in [0.1, 0.15) is 47.4 Å². The Labute approximate surface area is 122 Å². The average molecular weight is 287 g/mol. The van der Waals surface area contributed by atoms with Crippen LogP contribution in [-0.4, -0.2) is 28.5 Å². The van der Waals surface area contributed by atoms with Gasteiger partial charge in [0.2, 0.25) is 0 Å². The maximum absolute atomic E-state index is 12.1. The number of amides is 1. The molecule has 1 saturated carbocycles. The summed E-state index contributed by atoms with van der Waals surface area (Å²) in [6.07, 6.45) is 2.91. The van der Waals surface area contributed by atoms with Gasteiger partial charge in [0.05, 0.1) is 16.7 Å². The van der Waals surface area contributed by atoms with Crippen molar-refractivity contribution in [3.8, 4) is 6.07 Å². The first-order chi connectivity index (χ1) is 9.98. The van der Waals surface area contributed by atoms with Crippen molar-refractivity contribution in [3.63, 3.8) is 0 Å². The molecule has 6 heteroatoms. The highest BCUT2D eigenvalue weighted by Crippen LogP contribution is 2.37. The number of hydrogen-bond acceptors (Lipinski definition) is 4. The number of nitriles is 1. The highest BCUT2D eigenvalue weighted by molar-refractivity contribution is 5.92. The largest absolute Gasteiger partial charge is 0.481 e. The van der Waals surface area contributed by atoms with Gasteiger partial charge in [0.15, 0.2) is 0 Å². The topological polar surface area (TPSA) is 103 Å². The summed E-state index contributed by atoms with van der Waals surface area (Å²) in [4.78, 5) is 27.6. The fourth-order valence-corrected chi connectivity index (χ4v) is 2.66. The van der Waals surface area contributed by atoms with Crippen LogP contribution in [-0.2, 0) is 4.79 Å². The third-order valence-corrected chi connectivity index (χ3v) is 4.04. The number of carboxylic acids is 1. The van der Waals surface area contributed by atoms with Gasteiger partial charge in [-0.15, -0.1) is 0 Å². The van der Waals surface area contributed by atoms with Crippen LogP contribution in [0.15, 0.2) is 12.1 Å². The molecule has 2 rings (SSSR count). The fraction of sp³-hybridized carbons (Fsp3) is 0.467. The number of aromatic nitrogens is 1. The summed E-state index contributed by atoms with van der Waals surface area (Å²) in [5.74, 6) is -1.26. The van der Waals surface area contributed by atoms with Crippen molar-refractivity contribution in [2.45, 2.75) is 32.6 Å². The Morgan fingerprint density at radius 3 is 2.62 bits per heavy atom. The molecule has 1 aromatic rings. The van der Waals surface area contributed by atoms with Gasteiger partial charge in [0.25, 0.3) is 5.91 Å². The molecule has 0 unspecified atom stereocenters. The molecule has 1 aromatic heterocycles. The van der Waals surface area contributed by atoms with Crippen LogP contribution in [0.5, 0.6) is 0 Å². The minimum atomic E-state index is -0.857. The molecule has 0 atom stereocenters. The summed E-state index contributed by atoms with van der Waals surface area (Å²) in [6.45, 7) is 1.77. The second-order valence-electron chi connectivity index (χ2n) is 5.42. The van der Waals surface area contributed by atoms with Crippen molar-refractivity contribution in [3.05, 3.63) is 29.1 Å². The van der Waals surface area contributed by atoms with Gasteiger partial charge in [0, 0.05) is 6.54 Å². The molecule has 0 radical (unpaired) electrons. The molecule has 0 aliphatic heterocycles. The number of rotatable bonds is 4. The predicted octanol–water partition coefficient (Wildman–Crippen LogP) is 1.64. The normalized spacial score (nSPS) is 16.2. The second kappa shape index (κ2) is 5.92.